The van der Waals surface area contributed by atoms with Crippen molar-refractivity contribution >= 4 is 50.6 Å². The molecule has 0 spiro atoms. The van der Waals surface area contributed by atoms with Gasteiger partial charge in [0.25, 0.3) is 5.56 Å². The van der Waals surface area contributed by atoms with Gasteiger partial charge in [-0.25, -0.2) is 9.97 Å². The van der Waals surface area contributed by atoms with Gasteiger partial charge in [-0.1, -0.05) is 0 Å². The van der Waals surface area contributed by atoms with Crippen LogP contribution in [0.15, 0.2) is 10.2 Å². The Kier molecular flexibility index (Phi) is 7.22. The molecular formula is C21H26N4O2S3. The second-order valence-electron chi connectivity index (χ2n) is 7.59. The molecule has 0 saturated carbocycles. The minimum absolute atomic E-state index is 0.0279. The number of carbonyl (C=O) groups excluding carboxylic acids is 1. The number of hydrogen-bond donors (Lipinski definition) is 2. The van der Waals surface area contributed by atoms with E-state index in [9.17, 15) is 9.59 Å². The minimum atomic E-state index is -0.0325. The highest BCUT2D eigenvalue weighted by Gasteiger charge is 2.19. The molecule has 2 N–H and O–H groups in total. The molecule has 1 aliphatic carbocycles. The zero-order chi connectivity index (χ0) is 20.9. The Bertz CT molecular complexity index is 1090. The fourth-order valence-electron chi connectivity index (χ4n) is 3.71. The second-order valence-corrected chi connectivity index (χ2v) is 10.6. The van der Waals surface area contributed by atoms with Crippen molar-refractivity contribution in [1.29, 1.82) is 0 Å². The topological polar surface area (TPSA) is 87.7 Å². The molecule has 9 heteroatoms. The first-order valence-corrected chi connectivity index (χ1v) is 13.2. The number of H-pyrrole nitrogens is 1. The largest absolute Gasteiger partial charge is 0.355 e. The van der Waals surface area contributed by atoms with E-state index in [1.54, 1.807) is 22.7 Å². The quantitative estimate of drug-likeness (QED) is 0.469. The van der Waals surface area contributed by atoms with Gasteiger partial charge in [-0.15, -0.1) is 34.4 Å². The van der Waals surface area contributed by atoms with Gasteiger partial charge in [-0.2, -0.15) is 0 Å². The van der Waals surface area contributed by atoms with Crippen molar-refractivity contribution in [1.82, 2.24) is 20.3 Å². The molecule has 0 saturated heterocycles. The first kappa shape index (κ1) is 21.5. The molecule has 6 nitrogen and oxygen atoms in total. The number of aromatic nitrogens is 3. The fourth-order valence-corrected chi connectivity index (χ4v) is 6.53. The maximum Gasteiger partial charge on any atom is 0.259 e. The number of unbranched alkanes of at least 4 members (excludes halogenated alkanes) is 1. The Balaban J connectivity index is 1.20. The molecule has 30 heavy (non-hydrogen) atoms. The number of nitrogens with zero attached hydrogens (tertiary/aromatic N) is 2. The van der Waals surface area contributed by atoms with E-state index in [1.807, 2.05) is 6.92 Å². The van der Waals surface area contributed by atoms with E-state index in [1.165, 1.54) is 33.6 Å². The Labute approximate surface area is 187 Å². The highest BCUT2D eigenvalue weighted by Crippen LogP contribution is 2.33. The summed E-state index contributed by atoms with van der Waals surface area (Å²) in [6.45, 7) is 2.69. The molecule has 0 fully saturated rings. The van der Waals surface area contributed by atoms with Crippen LogP contribution in [0.25, 0.3) is 10.2 Å². The van der Waals surface area contributed by atoms with Gasteiger partial charge in [-0.3, -0.25) is 9.59 Å². The lowest BCUT2D eigenvalue weighted by molar-refractivity contribution is -0.118. The molecule has 0 aliphatic heterocycles. The lowest BCUT2D eigenvalue weighted by Gasteiger charge is -2.09. The van der Waals surface area contributed by atoms with Crippen LogP contribution >= 0.6 is 34.4 Å². The van der Waals surface area contributed by atoms with Gasteiger partial charge in [0.1, 0.15) is 10.7 Å². The smallest absolute Gasteiger partial charge is 0.259 e. The zero-order valence-corrected chi connectivity index (χ0v) is 19.5. The van der Waals surface area contributed by atoms with Crippen LogP contribution in [0.3, 0.4) is 0 Å². The number of rotatable bonds is 9. The summed E-state index contributed by atoms with van der Waals surface area (Å²) in [6, 6.07) is 0. The van der Waals surface area contributed by atoms with Gasteiger partial charge >= 0.3 is 0 Å². The number of aromatic amines is 1. The second kappa shape index (κ2) is 10.1. The van der Waals surface area contributed by atoms with Crippen molar-refractivity contribution in [2.24, 2.45) is 0 Å². The molecule has 0 aromatic carbocycles. The monoisotopic (exact) mass is 462 g/mol. The number of thiophene rings is 1. The number of nitrogens with one attached hydrogen (secondary N) is 2. The first-order chi connectivity index (χ1) is 14.6. The normalized spacial score (nSPS) is 13.5. The number of aryl methyl sites for hydroxylation is 4. The van der Waals surface area contributed by atoms with E-state index in [0.717, 1.165) is 54.4 Å². The molecule has 1 amide bonds. The molecule has 4 rings (SSSR count). The molecule has 0 atom stereocenters. The number of thiazole rings is 1. The summed E-state index contributed by atoms with van der Waals surface area (Å²) in [5.41, 5.74) is 2.25. The fraction of sp³-hybridized carbons (Fsp3) is 0.524. The van der Waals surface area contributed by atoms with Gasteiger partial charge in [-0.05, 0) is 57.4 Å². The van der Waals surface area contributed by atoms with E-state index in [2.05, 4.69) is 25.6 Å². The van der Waals surface area contributed by atoms with E-state index in [-0.39, 0.29) is 11.5 Å². The number of fused-ring (bicyclic) bond motifs is 3. The van der Waals surface area contributed by atoms with Crippen LogP contribution < -0.4 is 10.9 Å². The maximum atomic E-state index is 12.6. The number of thioether (sulfide) groups is 1. The maximum absolute atomic E-state index is 12.6. The Morgan fingerprint density at radius 3 is 2.97 bits per heavy atom. The Morgan fingerprint density at radius 1 is 1.27 bits per heavy atom. The Morgan fingerprint density at radius 2 is 2.13 bits per heavy atom. The van der Waals surface area contributed by atoms with E-state index in [0.29, 0.717) is 23.9 Å². The summed E-state index contributed by atoms with van der Waals surface area (Å²) in [7, 11) is 0. The van der Waals surface area contributed by atoms with Crippen molar-refractivity contribution in [3.63, 3.8) is 0 Å². The molecule has 3 aromatic heterocycles. The molecule has 0 radical (unpaired) electrons. The van der Waals surface area contributed by atoms with Crippen LogP contribution in [-0.2, 0) is 29.8 Å². The summed E-state index contributed by atoms with van der Waals surface area (Å²) in [5.74, 6) is 1.58. The molecule has 1 aliphatic rings. The molecule has 3 heterocycles. The molecule has 0 unspecified atom stereocenters. The van der Waals surface area contributed by atoms with Gasteiger partial charge in [0.05, 0.1) is 21.9 Å². The van der Waals surface area contributed by atoms with Crippen LogP contribution in [0.1, 0.15) is 52.6 Å². The summed E-state index contributed by atoms with van der Waals surface area (Å²) in [5, 5.41) is 6.99. The SMILES string of the molecule is Cc1csc(CCCCNC(=O)CSCc2nc3sc4c(c3c(=O)[nH]2)CCCC4)n1. The molecular weight excluding hydrogens is 436 g/mol. The van der Waals surface area contributed by atoms with Crippen molar-refractivity contribution < 1.29 is 4.79 Å². The van der Waals surface area contributed by atoms with Crippen LogP contribution in [-0.4, -0.2) is 33.2 Å². The predicted octanol–water partition coefficient (Wildman–Crippen LogP) is 4.00. The summed E-state index contributed by atoms with van der Waals surface area (Å²) in [4.78, 5) is 38.8. The molecule has 160 valence electrons. The third kappa shape index (κ3) is 5.31. The van der Waals surface area contributed by atoms with Crippen LogP contribution in [0, 0.1) is 6.92 Å². The minimum Gasteiger partial charge on any atom is -0.355 e. The summed E-state index contributed by atoms with van der Waals surface area (Å²) < 4.78 is 0. The third-order valence-corrected chi connectivity index (χ3v) is 8.31. The van der Waals surface area contributed by atoms with Crippen LogP contribution in [0.2, 0.25) is 0 Å². The molecule has 0 bridgehead atoms. The zero-order valence-electron chi connectivity index (χ0n) is 17.1. The van der Waals surface area contributed by atoms with Gasteiger partial charge < -0.3 is 10.3 Å². The van der Waals surface area contributed by atoms with Crippen molar-refractivity contribution in [3.8, 4) is 0 Å². The first-order valence-electron chi connectivity index (χ1n) is 10.4. The summed E-state index contributed by atoms with van der Waals surface area (Å²) in [6.07, 6.45) is 7.33. The third-order valence-electron chi connectivity index (χ3n) is 5.15. The average molecular weight is 463 g/mol. The lowest BCUT2D eigenvalue weighted by Crippen LogP contribution is -2.26. The number of hydrogen-bond acceptors (Lipinski definition) is 7. The van der Waals surface area contributed by atoms with Crippen molar-refractivity contribution in [2.75, 3.05) is 12.3 Å². The van der Waals surface area contributed by atoms with Crippen molar-refractivity contribution in [3.05, 3.63) is 42.7 Å². The van der Waals surface area contributed by atoms with Crippen LogP contribution in [0.5, 0.6) is 0 Å². The highest BCUT2D eigenvalue weighted by atomic mass is 32.2. The van der Waals surface area contributed by atoms with Gasteiger partial charge in [0, 0.05) is 22.5 Å². The highest BCUT2D eigenvalue weighted by molar-refractivity contribution is 7.99. The Hall–Kier alpha value is -1.71. The predicted molar refractivity (Wildman–Crippen MR) is 126 cm³/mol. The van der Waals surface area contributed by atoms with Crippen molar-refractivity contribution in [2.45, 2.75) is 57.6 Å². The lowest BCUT2D eigenvalue weighted by atomic mass is 9.97. The van der Waals surface area contributed by atoms with Crippen LogP contribution in [0.4, 0.5) is 0 Å². The van der Waals surface area contributed by atoms with Gasteiger partial charge in [0.2, 0.25) is 5.91 Å². The number of amides is 1. The summed E-state index contributed by atoms with van der Waals surface area (Å²) >= 11 is 4.84. The molecule has 3 aromatic rings. The van der Waals surface area contributed by atoms with E-state index >= 15 is 0 Å². The number of carbonyl (C=O) groups is 1. The standard InChI is InChI=1S/C21H26N4O2S3/c1-13-10-29-18(23-13)8-4-5-9-22-17(26)12-28-11-16-24-20(27)19-14-6-2-3-7-15(14)30-21(19)25-16/h10H,2-9,11-12H2,1H3,(H,22,26)(H,24,25,27). The van der Waals surface area contributed by atoms with E-state index in [4.69, 9.17) is 0 Å². The van der Waals surface area contributed by atoms with E-state index < -0.39 is 0 Å². The average Bonchev–Trinajstić information content (AvgIpc) is 3.30. The van der Waals surface area contributed by atoms with Gasteiger partial charge in [0.15, 0.2) is 0 Å².